The molecular weight excluding hydrogens is 289 g/mol. The van der Waals surface area contributed by atoms with Gasteiger partial charge in [0.05, 0.1) is 9.50 Å². The molecule has 0 radical (unpaired) electrons. The van der Waals surface area contributed by atoms with Crippen LogP contribution in [0.1, 0.15) is 10.4 Å². The van der Waals surface area contributed by atoms with Gasteiger partial charge in [-0.25, -0.2) is 4.39 Å². The van der Waals surface area contributed by atoms with Crippen molar-refractivity contribution < 1.29 is 4.39 Å². The standard InChI is InChI=1S/C7H3BrCl3F/c8-5-4(12)2-1-3(6(5)9)7(10)11/h1-2,7H. The highest BCUT2D eigenvalue weighted by Crippen LogP contribution is 2.36. The Balaban J connectivity index is 3.27. The van der Waals surface area contributed by atoms with Gasteiger partial charge in [0.25, 0.3) is 0 Å². The van der Waals surface area contributed by atoms with E-state index in [0.29, 0.717) is 5.56 Å². The Morgan fingerprint density at radius 3 is 2.42 bits per heavy atom. The smallest absolute Gasteiger partial charge is 0.138 e. The van der Waals surface area contributed by atoms with Crippen molar-refractivity contribution in [3.05, 3.63) is 33.0 Å². The molecule has 1 aromatic carbocycles. The molecule has 0 aromatic heterocycles. The maximum absolute atomic E-state index is 12.8. The van der Waals surface area contributed by atoms with Crippen LogP contribution in [0.15, 0.2) is 16.6 Å². The molecule has 1 rings (SSSR count). The van der Waals surface area contributed by atoms with E-state index in [4.69, 9.17) is 34.8 Å². The van der Waals surface area contributed by atoms with Crippen molar-refractivity contribution in [2.75, 3.05) is 0 Å². The third-order valence-corrected chi connectivity index (χ3v) is 3.18. The van der Waals surface area contributed by atoms with Crippen LogP contribution in [0.25, 0.3) is 0 Å². The summed E-state index contributed by atoms with van der Waals surface area (Å²) < 4.78 is 13.0. The Labute approximate surface area is 92.7 Å². The molecule has 5 heteroatoms. The number of hydrogen-bond acceptors (Lipinski definition) is 0. The summed E-state index contributed by atoms with van der Waals surface area (Å²) in [6.45, 7) is 0. The van der Waals surface area contributed by atoms with E-state index < -0.39 is 10.7 Å². The molecule has 0 unspecified atom stereocenters. The molecule has 0 aliphatic rings. The van der Waals surface area contributed by atoms with E-state index in [-0.39, 0.29) is 9.50 Å². The van der Waals surface area contributed by atoms with Gasteiger partial charge >= 0.3 is 0 Å². The van der Waals surface area contributed by atoms with Gasteiger partial charge in [-0.1, -0.05) is 17.7 Å². The SMILES string of the molecule is Fc1ccc(C(Cl)Cl)c(Cl)c1Br. The summed E-state index contributed by atoms with van der Waals surface area (Å²) in [4.78, 5) is -0.741. The van der Waals surface area contributed by atoms with Crippen LogP contribution in [0.4, 0.5) is 4.39 Å². The monoisotopic (exact) mass is 290 g/mol. The predicted octanol–water partition coefficient (Wildman–Crippen LogP) is 4.72. The van der Waals surface area contributed by atoms with Gasteiger partial charge in [-0.05, 0) is 22.0 Å². The Kier molecular flexibility index (Phi) is 3.65. The quantitative estimate of drug-likeness (QED) is 0.519. The van der Waals surface area contributed by atoms with Gasteiger partial charge in [-0.15, -0.1) is 23.2 Å². The molecule has 66 valence electrons. The lowest BCUT2D eigenvalue weighted by Gasteiger charge is -2.06. The molecule has 0 bridgehead atoms. The lowest BCUT2D eigenvalue weighted by atomic mass is 10.2. The molecular formula is C7H3BrCl3F. The van der Waals surface area contributed by atoms with Gasteiger partial charge in [-0.2, -0.15) is 0 Å². The Morgan fingerprint density at radius 1 is 1.33 bits per heavy atom. The van der Waals surface area contributed by atoms with Crippen LogP contribution in [-0.2, 0) is 0 Å². The van der Waals surface area contributed by atoms with Gasteiger partial charge in [0, 0.05) is 5.56 Å². The fraction of sp³-hybridized carbons (Fsp3) is 0.143. The molecule has 0 atom stereocenters. The number of benzene rings is 1. The summed E-state index contributed by atoms with van der Waals surface area (Å²) in [7, 11) is 0. The van der Waals surface area contributed by atoms with Gasteiger partial charge in [0.2, 0.25) is 0 Å². The van der Waals surface area contributed by atoms with E-state index in [1.165, 1.54) is 12.1 Å². The van der Waals surface area contributed by atoms with Crippen LogP contribution in [-0.4, -0.2) is 0 Å². The zero-order chi connectivity index (χ0) is 9.30. The molecule has 1 aromatic rings. The Hall–Kier alpha value is 0.500. The number of alkyl halides is 2. The summed E-state index contributed by atoms with van der Waals surface area (Å²) in [6.07, 6.45) is 0. The molecule has 0 aliphatic carbocycles. The van der Waals surface area contributed by atoms with E-state index in [2.05, 4.69) is 15.9 Å². The highest BCUT2D eigenvalue weighted by atomic mass is 79.9. The van der Waals surface area contributed by atoms with Gasteiger partial charge < -0.3 is 0 Å². The van der Waals surface area contributed by atoms with Crippen LogP contribution in [0.2, 0.25) is 5.02 Å². The zero-order valence-corrected chi connectivity index (χ0v) is 9.48. The first kappa shape index (κ1) is 10.6. The average molecular weight is 292 g/mol. The summed E-state index contributed by atoms with van der Waals surface area (Å²) >= 11 is 19.9. The molecule has 0 N–H and O–H groups in total. The maximum atomic E-state index is 12.8. The third kappa shape index (κ3) is 2.05. The van der Waals surface area contributed by atoms with Crippen LogP contribution >= 0.6 is 50.7 Å². The Morgan fingerprint density at radius 2 is 1.92 bits per heavy atom. The molecule has 0 heterocycles. The van der Waals surface area contributed by atoms with Crippen molar-refractivity contribution in [1.82, 2.24) is 0 Å². The summed E-state index contributed by atoms with van der Waals surface area (Å²) in [6, 6.07) is 2.70. The lowest BCUT2D eigenvalue weighted by Crippen LogP contribution is -1.87. The summed E-state index contributed by atoms with van der Waals surface area (Å²) in [5, 5.41) is 0.213. The minimum atomic E-state index is -0.741. The molecule has 0 aliphatic heterocycles. The minimum Gasteiger partial charge on any atom is -0.206 e. The molecule has 0 saturated carbocycles. The minimum absolute atomic E-state index is 0.188. The molecule has 12 heavy (non-hydrogen) atoms. The number of halogens is 5. The van der Waals surface area contributed by atoms with Crippen LogP contribution in [0.5, 0.6) is 0 Å². The van der Waals surface area contributed by atoms with Gasteiger partial charge in [-0.3, -0.25) is 0 Å². The Bertz CT molecular complexity index is 301. The van der Waals surface area contributed by atoms with Crippen LogP contribution in [0, 0.1) is 5.82 Å². The maximum Gasteiger partial charge on any atom is 0.138 e. The summed E-state index contributed by atoms with van der Waals surface area (Å²) in [5.74, 6) is -0.433. The first-order valence-electron chi connectivity index (χ1n) is 2.95. The van der Waals surface area contributed by atoms with Crippen molar-refractivity contribution in [2.24, 2.45) is 0 Å². The van der Waals surface area contributed by atoms with E-state index in [1.807, 2.05) is 0 Å². The fourth-order valence-electron chi connectivity index (χ4n) is 0.709. The van der Waals surface area contributed by atoms with E-state index in [0.717, 1.165) is 0 Å². The number of hydrogen-bond donors (Lipinski definition) is 0. The average Bonchev–Trinajstić information content (AvgIpc) is 2.00. The van der Waals surface area contributed by atoms with Crippen molar-refractivity contribution in [3.8, 4) is 0 Å². The molecule has 0 amide bonds. The second-order valence-corrected chi connectivity index (χ2v) is 4.33. The van der Waals surface area contributed by atoms with Crippen LogP contribution in [0.3, 0.4) is 0 Å². The predicted molar refractivity (Wildman–Crippen MR) is 53.6 cm³/mol. The molecule has 0 spiro atoms. The molecule has 0 fully saturated rings. The topological polar surface area (TPSA) is 0 Å². The lowest BCUT2D eigenvalue weighted by molar-refractivity contribution is 0.620. The fourth-order valence-corrected chi connectivity index (χ4v) is 1.81. The van der Waals surface area contributed by atoms with Crippen molar-refractivity contribution >= 4 is 50.7 Å². The van der Waals surface area contributed by atoms with Crippen molar-refractivity contribution in [1.29, 1.82) is 0 Å². The molecule has 0 nitrogen and oxygen atoms in total. The van der Waals surface area contributed by atoms with E-state index >= 15 is 0 Å². The van der Waals surface area contributed by atoms with E-state index in [9.17, 15) is 4.39 Å². The van der Waals surface area contributed by atoms with Crippen LogP contribution < -0.4 is 0 Å². The van der Waals surface area contributed by atoms with Crippen molar-refractivity contribution in [2.45, 2.75) is 4.84 Å². The molecule has 0 saturated heterocycles. The van der Waals surface area contributed by atoms with Gasteiger partial charge in [0.15, 0.2) is 0 Å². The highest BCUT2D eigenvalue weighted by Gasteiger charge is 2.13. The first-order chi connectivity index (χ1) is 5.54. The second-order valence-electron chi connectivity index (χ2n) is 2.07. The van der Waals surface area contributed by atoms with E-state index in [1.54, 1.807) is 0 Å². The summed E-state index contributed by atoms with van der Waals surface area (Å²) in [5.41, 5.74) is 0.494. The third-order valence-electron chi connectivity index (χ3n) is 1.30. The second kappa shape index (κ2) is 4.14. The first-order valence-corrected chi connectivity index (χ1v) is 5.00. The number of rotatable bonds is 1. The zero-order valence-electron chi connectivity index (χ0n) is 5.62. The largest absolute Gasteiger partial charge is 0.206 e. The van der Waals surface area contributed by atoms with Crippen molar-refractivity contribution in [3.63, 3.8) is 0 Å². The highest BCUT2D eigenvalue weighted by molar-refractivity contribution is 9.10. The van der Waals surface area contributed by atoms with Gasteiger partial charge in [0.1, 0.15) is 10.7 Å². The normalized spacial score (nSPS) is 10.8.